The van der Waals surface area contributed by atoms with Crippen molar-refractivity contribution in [3.8, 4) is 5.75 Å². The number of anilines is 2. The molecule has 2 aromatic carbocycles. The van der Waals surface area contributed by atoms with Crippen LogP contribution in [-0.2, 0) is 14.1 Å². The SMILES string of the molecule is Cn1c(N2CCN(CCCOc3ccc(C(=O)c4ccccc4)cc3N)CC2)cc(=O)n(C)c1=O. The lowest BCUT2D eigenvalue weighted by Gasteiger charge is -2.36. The number of ketones is 1. The van der Waals surface area contributed by atoms with Gasteiger partial charge in [0.2, 0.25) is 0 Å². The van der Waals surface area contributed by atoms with Crippen LogP contribution < -0.4 is 26.6 Å². The van der Waals surface area contributed by atoms with E-state index in [2.05, 4.69) is 9.80 Å². The summed E-state index contributed by atoms with van der Waals surface area (Å²) in [7, 11) is 3.18. The largest absolute Gasteiger partial charge is 0.491 e. The summed E-state index contributed by atoms with van der Waals surface area (Å²) in [5.74, 6) is 1.16. The zero-order valence-electron chi connectivity index (χ0n) is 20.1. The minimum atomic E-state index is -0.316. The van der Waals surface area contributed by atoms with E-state index in [-0.39, 0.29) is 17.0 Å². The van der Waals surface area contributed by atoms with E-state index < -0.39 is 0 Å². The van der Waals surface area contributed by atoms with Crippen molar-refractivity contribution in [2.45, 2.75) is 6.42 Å². The van der Waals surface area contributed by atoms with Crippen LogP contribution in [0.1, 0.15) is 22.3 Å². The summed E-state index contributed by atoms with van der Waals surface area (Å²) in [5.41, 5.74) is 7.13. The number of carbonyl (C=O) groups is 1. The third-order valence-corrected chi connectivity index (χ3v) is 6.38. The second-order valence-electron chi connectivity index (χ2n) is 8.72. The number of nitrogen functional groups attached to an aromatic ring is 1. The lowest BCUT2D eigenvalue weighted by atomic mass is 10.0. The number of carbonyl (C=O) groups excluding carboxylic acids is 1. The minimum Gasteiger partial charge on any atom is -0.491 e. The third-order valence-electron chi connectivity index (χ3n) is 6.38. The number of piperazine rings is 1. The minimum absolute atomic E-state index is 0.0704. The molecule has 1 aromatic heterocycles. The van der Waals surface area contributed by atoms with Crippen LogP contribution in [0.4, 0.5) is 11.5 Å². The van der Waals surface area contributed by atoms with E-state index in [1.54, 1.807) is 37.4 Å². The highest BCUT2D eigenvalue weighted by Crippen LogP contribution is 2.24. The highest BCUT2D eigenvalue weighted by molar-refractivity contribution is 6.09. The molecule has 0 bridgehead atoms. The quantitative estimate of drug-likeness (QED) is 0.298. The molecule has 1 fully saturated rings. The van der Waals surface area contributed by atoms with E-state index >= 15 is 0 Å². The van der Waals surface area contributed by atoms with Crippen LogP contribution >= 0.6 is 0 Å². The van der Waals surface area contributed by atoms with Crippen molar-refractivity contribution in [2.24, 2.45) is 14.1 Å². The van der Waals surface area contributed by atoms with E-state index in [9.17, 15) is 14.4 Å². The maximum Gasteiger partial charge on any atom is 0.332 e. The normalized spacial score (nSPS) is 14.2. The van der Waals surface area contributed by atoms with Gasteiger partial charge in [-0.05, 0) is 24.6 Å². The standard InChI is InChI=1S/C26H31N5O4/c1-28-23(18-24(32)29(2)26(28)34)31-14-12-30(13-15-31)11-6-16-35-22-10-9-20(17-21(22)27)25(33)19-7-4-3-5-8-19/h3-5,7-10,17-18H,6,11-16,27H2,1-2H3. The Balaban J connectivity index is 1.24. The van der Waals surface area contributed by atoms with Gasteiger partial charge < -0.3 is 15.4 Å². The van der Waals surface area contributed by atoms with Crippen molar-refractivity contribution < 1.29 is 9.53 Å². The van der Waals surface area contributed by atoms with Crippen molar-refractivity contribution in [3.05, 3.63) is 86.6 Å². The van der Waals surface area contributed by atoms with Crippen molar-refractivity contribution in [2.75, 3.05) is 50.0 Å². The molecule has 4 rings (SSSR count). The molecule has 3 aromatic rings. The molecule has 0 amide bonds. The van der Waals surface area contributed by atoms with Gasteiger partial charge in [-0.2, -0.15) is 0 Å². The molecule has 9 nitrogen and oxygen atoms in total. The number of nitrogens with zero attached hydrogens (tertiary/aromatic N) is 4. The number of rotatable bonds is 8. The van der Waals surface area contributed by atoms with Gasteiger partial charge in [0.25, 0.3) is 5.56 Å². The number of hydrogen-bond donors (Lipinski definition) is 1. The Morgan fingerprint density at radius 3 is 2.31 bits per heavy atom. The number of nitrogens with two attached hydrogens (primary N) is 1. The smallest absolute Gasteiger partial charge is 0.332 e. The third kappa shape index (κ3) is 5.46. The maximum absolute atomic E-state index is 12.6. The number of benzene rings is 2. The lowest BCUT2D eigenvalue weighted by Crippen LogP contribution is -2.49. The van der Waals surface area contributed by atoms with Gasteiger partial charge in [0, 0.05) is 64.0 Å². The second-order valence-corrected chi connectivity index (χ2v) is 8.72. The number of aromatic nitrogens is 2. The number of hydrogen-bond acceptors (Lipinski definition) is 7. The summed E-state index contributed by atoms with van der Waals surface area (Å²) >= 11 is 0. The summed E-state index contributed by atoms with van der Waals surface area (Å²) < 4.78 is 8.50. The first-order valence-corrected chi connectivity index (χ1v) is 11.7. The summed E-state index contributed by atoms with van der Waals surface area (Å²) in [6, 6.07) is 15.8. The zero-order chi connectivity index (χ0) is 24.9. The molecule has 0 saturated carbocycles. The fourth-order valence-corrected chi connectivity index (χ4v) is 4.27. The van der Waals surface area contributed by atoms with E-state index in [0.717, 1.165) is 43.7 Å². The van der Waals surface area contributed by atoms with Crippen LogP contribution in [0.25, 0.3) is 0 Å². The molecule has 0 spiro atoms. The summed E-state index contributed by atoms with van der Waals surface area (Å²) in [5, 5.41) is 0. The van der Waals surface area contributed by atoms with Crippen molar-refractivity contribution >= 4 is 17.3 Å². The fraction of sp³-hybridized carbons (Fsp3) is 0.346. The molecule has 9 heteroatoms. The van der Waals surface area contributed by atoms with E-state index in [1.807, 2.05) is 18.2 Å². The predicted molar refractivity (Wildman–Crippen MR) is 136 cm³/mol. The van der Waals surface area contributed by atoms with Crippen LogP contribution in [0, 0.1) is 0 Å². The van der Waals surface area contributed by atoms with E-state index in [0.29, 0.717) is 35.0 Å². The summed E-state index contributed by atoms with van der Waals surface area (Å²) in [4.78, 5) is 41.2. The molecule has 35 heavy (non-hydrogen) atoms. The van der Waals surface area contributed by atoms with E-state index in [4.69, 9.17) is 10.5 Å². The highest BCUT2D eigenvalue weighted by atomic mass is 16.5. The molecule has 2 heterocycles. The molecule has 184 valence electrons. The fourth-order valence-electron chi connectivity index (χ4n) is 4.27. The Kier molecular flexibility index (Phi) is 7.36. The number of ether oxygens (including phenoxy) is 1. The van der Waals surface area contributed by atoms with Crippen molar-refractivity contribution in [1.82, 2.24) is 14.0 Å². The van der Waals surface area contributed by atoms with Gasteiger partial charge in [-0.1, -0.05) is 30.3 Å². The Labute approximate surface area is 204 Å². The molecule has 0 radical (unpaired) electrons. The first kappa shape index (κ1) is 24.3. The molecule has 0 unspecified atom stereocenters. The Morgan fingerprint density at radius 1 is 0.914 bits per heavy atom. The molecule has 1 saturated heterocycles. The average molecular weight is 478 g/mol. The predicted octanol–water partition coefficient (Wildman–Crippen LogP) is 1.49. The van der Waals surface area contributed by atoms with Gasteiger partial charge in [-0.15, -0.1) is 0 Å². The van der Waals surface area contributed by atoms with Crippen molar-refractivity contribution in [1.29, 1.82) is 0 Å². The molecule has 1 aliphatic heterocycles. The van der Waals surface area contributed by atoms with Gasteiger partial charge >= 0.3 is 5.69 Å². The first-order valence-electron chi connectivity index (χ1n) is 11.7. The first-order chi connectivity index (χ1) is 16.8. The van der Waals surface area contributed by atoms with Gasteiger partial charge in [0.05, 0.1) is 12.3 Å². The van der Waals surface area contributed by atoms with Gasteiger partial charge in [0.15, 0.2) is 5.78 Å². The molecular weight excluding hydrogens is 446 g/mol. The Hall–Kier alpha value is -3.85. The average Bonchev–Trinajstić information content (AvgIpc) is 2.88. The maximum atomic E-state index is 12.6. The zero-order valence-corrected chi connectivity index (χ0v) is 20.1. The topological polar surface area (TPSA) is 103 Å². The van der Waals surface area contributed by atoms with Crippen LogP contribution in [0.15, 0.2) is 64.2 Å². The van der Waals surface area contributed by atoms with Crippen LogP contribution in [-0.4, -0.2) is 59.1 Å². The monoisotopic (exact) mass is 477 g/mol. The Morgan fingerprint density at radius 2 is 1.63 bits per heavy atom. The van der Waals surface area contributed by atoms with Gasteiger partial charge in [-0.25, -0.2) is 4.79 Å². The van der Waals surface area contributed by atoms with Crippen LogP contribution in [0.2, 0.25) is 0 Å². The molecule has 0 atom stereocenters. The lowest BCUT2D eigenvalue weighted by molar-refractivity contribution is 0.103. The molecular formula is C26H31N5O4. The molecule has 2 N–H and O–H groups in total. The van der Waals surface area contributed by atoms with Gasteiger partial charge in [-0.3, -0.25) is 23.6 Å². The van der Waals surface area contributed by atoms with Gasteiger partial charge in [0.1, 0.15) is 11.6 Å². The highest BCUT2D eigenvalue weighted by Gasteiger charge is 2.20. The summed E-state index contributed by atoms with van der Waals surface area (Å²) in [6.07, 6.45) is 0.828. The van der Waals surface area contributed by atoms with Crippen LogP contribution in [0.5, 0.6) is 5.75 Å². The summed E-state index contributed by atoms with van der Waals surface area (Å²) in [6.45, 7) is 4.54. The Bertz CT molecular complexity index is 1310. The van der Waals surface area contributed by atoms with E-state index in [1.165, 1.54) is 17.7 Å². The molecule has 1 aliphatic rings. The molecule has 0 aliphatic carbocycles. The second kappa shape index (κ2) is 10.6. The van der Waals surface area contributed by atoms with Crippen molar-refractivity contribution in [3.63, 3.8) is 0 Å². The van der Waals surface area contributed by atoms with Crippen LogP contribution in [0.3, 0.4) is 0 Å².